The molecule has 0 spiro atoms. The second-order valence-corrected chi connectivity index (χ2v) is 6.42. The van der Waals surface area contributed by atoms with Gasteiger partial charge in [-0.3, -0.25) is 0 Å². The smallest absolute Gasteiger partial charge is 0.0624 e. The fourth-order valence-corrected chi connectivity index (χ4v) is 3.20. The van der Waals surface area contributed by atoms with Gasteiger partial charge in [-0.25, -0.2) is 0 Å². The van der Waals surface area contributed by atoms with Gasteiger partial charge in [0, 0.05) is 18.5 Å². The maximum Gasteiger partial charge on any atom is 0.0624 e. The van der Waals surface area contributed by atoms with Gasteiger partial charge in [0.2, 0.25) is 0 Å². The minimum absolute atomic E-state index is 0.141. The quantitative estimate of drug-likeness (QED) is 0.887. The highest BCUT2D eigenvalue weighted by Gasteiger charge is 2.39. The summed E-state index contributed by atoms with van der Waals surface area (Å²) in [5.41, 5.74) is 3.93. The van der Waals surface area contributed by atoms with Crippen LogP contribution in [0.4, 0.5) is 0 Å². The van der Waals surface area contributed by atoms with E-state index in [1.54, 1.807) is 0 Å². The predicted molar refractivity (Wildman–Crippen MR) is 85.9 cm³/mol. The largest absolute Gasteiger partial charge is 0.315 e. The summed E-state index contributed by atoms with van der Waals surface area (Å²) in [6.07, 6.45) is 0.919. The first-order valence-electron chi connectivity index (χ1n) is 6.81. The van der Waals surface area contributed by atoms with Crippen LogP contribution >= 0.6 is 23.2 Å². The number of aryl methyl sites for hydroxylation is 1. The monoisotopic (exact) mass is 305 g/mol. The Hall–Kier alpha value is -1.02. The molecule has 1 nitrogen and oxygen atoms in total. The number of rotatable bonds is 3. The SMILES string of the molecule is Cc1ccc(C2(Cc3cccc(Cl)c3Cl)CNC2)cc1. The summed E-state index contributed by atoms with van der Waals surface area (Å²) in [6.45, 7) is 4.08. The molecule has 1 aliphatic rings. The molecule has 0 aliphatic carbocycles. The van der Waals surface area contributed by atoms with Crippen molar-refractivity contribution >= 4 is 23.2 Å². The van der Waals surface area contributed by atoms with E-state index in [-0.39, 0.29) is 5.41 Å². The van der Waals surface area contributed by atoms with Gasteiger partial charge >= 0.3 is 0 Å². The van der Waals surface area contributed by atoms with Crippen LogP contribution in [-0.4, -0.2) is 13.1 Å². The highest BCUT2D eigenvalue weighted by Crippen LogP contribution is 2.36. The van der Waals surface area contributed by atoms with E-state index in [0.717, 1.165) is 25.1 Å². The Morgan fingerprint density at radius 2 is 1.75 bits per heavy atom. The molecule has 20 heavy (non-hydrogen) atoms. The first kappa shape index (κ1) is 13.9. The van der Waals surface area contributed by atoms with E-state index in [9.17, 15) is 0 Å². The Morgan fingerprint density at radius 1 is 1.05 bits per heavy atom. The molecule has 1 saturated heterocycles. The topological polar surface area (TPSA) is 12.0 Å². The highest BCUT2D eigenvalue weighted by molar-refractivity contribution is 6.42. The third-order valence-corrected chi connectivity index (χ3v) is 5.01. The first-order chi connectivity index (χ1) is 9.61. The van der Waals surface area contributed by atoms with Gasteiger partial charge in [0.15, 0.2) is 0 Å². The van der Waals surface area contributed by atoms with Crippen LogP contribution in [0, 0.1) is 6.92 Å². The zero-order valence-corrected chi connectivity index (χ0v) is 12.9. The maximum atomic E-state index is 6.34. The maximum absolute atomic E-state index is 6.34. The molecular weight excluding hydrogens is 289 g/mol. The second-order valence-electron chi connectivity index (χ2n) is 5.64. The predicted octanol–water partition coefficient (Wildman–Crippen LogP) is 4.39. The van der Waals surface area contributed by atoms with Gasteiger partial charge < -0.3 is 5.32 Å². The Bertz CT molecular complexity index is 615. The van der Waals surface area contributed by atoms with Crippen LogP contribution in [-0.2, 0) is 11.8 Å². The van der Waals surface area contributed by atoms with Crippen molar-refractivity contribution in [3.05, 3.63) is 69.2 Å². The van der Waals surface area contributed by atoms with Gasteiger partial charge in [-0.1, -0.05) is 65.2 Å². The summed E-state index contributed by atoms with van der Waals surface area (Å²) in [7, 11) is 0. The molecule has 104 valence electrons. The van der Waals surface area contributed by atoms with Crippen LogP contribution in [0.2, 0.25) is 10.0 Å². The van der Waals surface area contributed by atoms with Crippen molar-refractivity contribution in [2.45, 2.75) is 18.8 Å². The fourth-order valence-electron chi connectivity index (χ4n) is 2.81. The third kappa shape index (κ3) is 2.46. The standard InChI is InChI=1S/C17H17Cl2N/c1-12-5-7-14(8-6-12)17(10-20-11-17)9-13-3-2-4-15(18)16(13)19/h2-8,20H,9-11H2,1H3. The first-order valence-corrected chi connectivity index (χ1v) is 7.57. The molecule has 0 saturated carbocycles. The second kappa shape index (κ2) is 5.40. The van der Waals surface area contributed by atoms with Crippen LogP contribution in [0.25, 0.3) is 0 Å². The lowest BCUT2D eigenvalue weighted by atomic mass is 9.71. The van der Waals surface area contributed by atoms with Gasteiger partial charge in [0.05, 0.1) is 10.0 Å². The Kier molecular flexibility index (Phi) is 3.76. The molecule has 2 aromatic carbocycles. The van der Waals surface area contributed by atoms with Crippen LogP contribution in [0.3, 0.4) is 0 Å². The van der Waals surface area contributed by atoms with E-state index >= 15 is 0 Å². The van der Waals surface area contributed by atoms with Gasteiger partial charge in [-0.15, -0.1) is 0 Å². The molecule has 1 heterocycles. The number of hydrogen-bond donors (Lipinski definition) is 1. The van der Waals surface area contributed by atoms with Crippen molar-refractivity contribution in [2.75, 3.05) is 13.1 Å². The molecule has 0 aromatic heterocycles. The average Bonchev–Trinajstić information content (AvgIpc) is 2.40. The summed E-state index contributed by atoms with van der Waals surface area (Å²) >= 11 is 12.5. The zero-order valence-electron chi connectivity index (χ0n) is 11.4. The lowest BCUT2D eigenvalue weighted by Gasteiger charge is -2.43. The van der Waals surface area contributed by atoms with E-state index in [0.29, 0.717) is 10.0 Å². The Labute approximate surface area is 129 Å². The lowest BCUT2D eigenvalue weighted by molar-refractivity contribution is 0.275. The molecule has 0 amide bonds. The minimum Gasteiger partial charge on any atom is -0.315 e. The number of halogens is 2. The van der Waals surface area contributed by atoms with E-state index in [4.69, 9.17) is 23.2 Å². The number of benzene rings is 2. The normalized spacial score (nSPS) is 16.8. The van der Waals surface area contributed by atoms with E-state index in [1.807, 2.05) is 12.1 Å². The molecule has 0 radical (unpaired) electrons. The zero-order chi connectivity index (χ0) is 14.2. The van der Waals surface area contributed by atoms with E-state index in [2.05, 4.69) is 42.6 Å². The van der Waals surface area contributed by atoms with Crippen molar-refractivity contribution in [1.29, 1.82) is 0 Å². The van der Waals surface area contributed by atoms with Crippen LogP contribution in [0.5, 0.6) is 0 Å². The Balaban J connectivity index is 1.94. The molecule has 0 unspecified atom stereocenters. The summed E-state index contributed by atoms with van der Waals surface area (Å²) in [4.78, 5) is 0. The molecule has 0 bridgehead atoms. The van der Waals surface area contributed by atoms with Crippen molar-refractivity contribution in [1.82, 2.24) is 5.32 Å². The summed E-state index contributed by atoms with van der Waals surface area (Å²) in [5, 5.41) is 4.72. The van der Waals surface area contributed by atoms with Crippen LogP contribution in [0.1, 0.15) is 16.7 Å². The number of nitrogens with one attached hydrogen (secondary N) is 1. The van der Waals surface area contributed by atoms with Gasteiger partial charge in [-0.2, -0.15) is 0 Å². The van der Waals surface area contributed by atoms with Gasteiger partial charge in [0.1, 0.15) is 0 Å². The molecule has 1 aliphatic heterocycles. The van der Waals surface area contributed by atoms with Crippen molar-refractivity contribution < 1.29 is 0 Å². The summed E-state index contributed by atoms with van der Waals surface area (Å²) in [6, 6.07) is 14.7. The highest BCUT2D eigenvalue weighted by atomic mass is 35.5. The fraction of sp³-hybridized carbons (Fsp3) is 0.294. The van der Waals surface area contributed by atoms with Gasteiger partial charge in [-0.05, 0) is 30.5 Å². The van der Waals surface area contributed by atoms with Gasteiger partial charge in [0.25, 0.3) is 0 Å². The molecule has 1 N–H and O–H groups in total. The molecule has 0 atom stereocenters. The minimum atomic E-state index is 0.141. The average molecular weight is 306 g/mol. The van der Waals surface area contributed by atoms with Crippen molar-refractivity contribution in [3.63, 3.8) is 0 Å². The third-order valence-electron chi connectivity index (χ3n) is 4.15. The van der Waals surface area contributed by atoms with Crippen LogP contribution in [0.15, 0.2) is 42.5 Å². The summed E-state index contributed by atoms with van der Waals surface area (Å²) < 4.78 is 0. The lowest BCUT2D eigenvalue weighted by Crippen LogP contribution is -2.58. The molecular formula is C17H17Cl2N. The molecule has 1 fully saturated rings. The van der Waals surface area contributed by atoms with E-state index < -0.39 is 0 Å². The summed E-state index contributed by atoms with van der Waals surface area (Å²) in [5.74, 6) is 0. The Morgan fingerprint density at radius 3 is 2.35 bits per heavy atom. The van der Waals surface area contributed by atoms with Crippen molar-refractivity contribution in [2.24, 2.45) is 0 Å². The molecule has 3 rings (SSSR count). The van der Waals surface area contributed by atoms with Crippen molar-refractivity contribution in [3.8, 4) is 0 Å². The molecule has 2 aromatic rings. The van der Waals surface area contributed by atoms with Crippen LogP contribution < -0.4 is 5.32 Å². The molecule has 3 heteroatoms. The van der Waals surface area contributed by atoms with E-state index in [1.165, 1.54) is 11.1 Å². The number of hydrogen-bond acceptors (Lipinski definition) is 1.